The molecule has 1 radical (unpaired) electrons. The molecule has 2 aromatic rings. The molecule has 0 saturated carbocycles. The van der Waals surface area contributed by atoms with Crippen molar-refractivity contribution in [3.8, 4) is 11.4 Å². The first-order chi connectivity index (χ1) is 5.86. The fraction of sp³-hybridized carbons (Fsp3) is 0. The maximum atomic E-state index is 5.73. The molecule has 1 N–H and O–H groups in total. The molecule has 2 nitrogen and oxygen atoms in total. The van der Waals surface area contributed by atoms with Crippen LogP contribution in [0.5, 0.6) is 0 Å². The van der Waals surface area contributed by atoms with Crippen molar-refractivity contribution in [2.45, 2.75) is 0 Å². The second kappa shape index (κ2) is 2.99. The number of aromatic nitrogens is 2. The second-order valence-electron chi connectivity index (χ2n) is 2.39. The minimum absolute atomic E-state index is 0.731. The molecule has 2 rings (SSSR count). The van der Waals surface area contributed by atoms with Gasteiger partial charge in [-0.05, 0) is 24.3 Å². The van der Waals surface area contributed by atoms with Crippen LogP contribution in [-0.4, -0.2) is 9.97 Å². The predicted molar refractivity (Wildman–Crippen MR) is 47.9 cm³/mol. The second-order valence-corrected chi connectivity index (χ2v) is 2.82. The van der Waals surface area contributed by atoms with Gasteiger partial charge in [-0.1, -0.05) is 11.6 Å². The zero-order chi connectivity index (χ0) is 8.39. The van der Waals surface area contributed by atoms with Crippen molar-refractivity contribution in [1.29, 1.82) is 0 Å². The van der Waals surface area contributed by atoms with Gasteiger partial charge in [0.15, 0.2) is 0 Å². The third-order valence-corrected chi connectivity index (χ3v) is 1.82. The van der Waals surface area contributed by atoms with Crippen molar-refractivity contribution < 1.29 is 0 Å². The van der Waals surface area contributed by atoms with Gasteiger partial charge in [0.1, 0.15) is 12.0 Å². The minimum atomic E-state index is 0.731. The largest absolute Gasteiger partial charge is 0.344 e. The lowest BCUT2D eigenvalue weighted by atomic mass is 10.2. The third-order valence-electron chi connectivity index (χ3n) is 1.57. The van der Waals surface area contributed by atoms with Crippen LogP contribution in [-0.2, 0) is 0 Å². The van der Waals surface area contributed by atoms with Gasteiger partial charge in [-0.15, -0.1) is 0 Å². The lowest BCUT2D eigenvalue weighted by molar-refractivity contribution is 1.31. The molecule has 0 amide bonds. The molecule has 0 aliphatic carbocycles. The van der Waals surface area contributed by atoms with Gasteiger partial charge in [-0.2, -0.15) is 0 Å². The predicted octanol–water partition coefficient (Wildman–Crippen LogP) is 2.53. The summed E-state index contributed by atoms with van der Waals surface area (Å²) < 4.78 is 0. The van der Waals surface area contributed by atoms with Gasteiger partial charge in [0, 0.05) is 16.8 Å². The Balaban J connectivity index is 2.43. The normalized spacial score (nSPS) is 10.1. The van der Waals surface area contributed by atoms with Crippen LogP contribution in [0.15, 0.2) is 30.5 Å². The minimum Gasteiger partial charge on any atom is -0.344 e. The van der Waals surface area contributed by atoms with Crippen LogP contribution in [0.25, 0.3) is 11.4 Å². The molecule has 3 heteroatoms. The first kappa shape index (κ1) is 7.37. The average Bonchev–Trinajstić information content (AvgIpc) is 2.58. The van der Waals surface area contributed by atoms with Crippen molar-refractivity contribution in [1.82, 2.24) is 9.97 Å². The fourth-order valence-electron chi connectivity index (χ4n) is 0.985. The molecule has 0 unspecified atom stereocenters. The highest BCUT2D eigenvalue weighted by molar-refractivity contribution is 6.30. The molecule has 12 heavy (non-hydrogen) atoms. The Morgan fingerprint density at radius 1 is 1.25 bits per heavy atom. The molecule has 0 spiro atoms. The number of hydrogen-bond acceptors (Lipinski definition) is 1. The number of hydrogen-bond donors (Lipinski definition) is 1. The monoisotopic (exact) mass is 177 g/mol. The van der Waals surface area contributed by atoms with E-state index in [9.17, 15) is 0 Å². The number of nitrogens with one attached hydrogen (secondary N) is 1. The Hall–Kier alpha value is -1.28. The Labute approximate surface area is 75.2 Å². The van der Waals surface area contributed by atoms with Crippen LogP contribution in [0.1, 0.15) is 0 Å². The summed E-state index contributed by atoms with van der Waals surface area (Å²) in [5.74, 6) is 0.812. The summed E-state index contributed by atoms with van der Waals surface area (Å²) in [6.45, 7) is 0. The summed E-state index contributed by atoms with van der Waals surface area (Å²) in [5, 5.41) is 0.731. The fourth-order valence-corrected chi connectivity index (χ4v) is 1.11. The van der Waals surface area contributed by atoms with E-state index < -0.39 is 0 Å². The van der Waals surface area contributed by atoms with Crippen molar-refractivity contribution in [3.05, 3.63) is 41.7 Å². The van der Waals surface area contributed by atoms with E-state index in [0.717, 1.165) is 16.4 Å². The molecule has 0 fully saturated rings. The molecule has 0 atom stereocenters. The molecule has 1 heterocycles. The first-order valence-corrected chi connectivity index (χ1v) is 3.91. The zero-order valence-electron chi connectivity index (χ0n) is 6.21. The summed E-state index contributed by atoms with van der Waals surface area (Å²) >= 11 is 5.73. The Kier molecular flexibility index (Phi) is 1.84. The number of aromatic amines is 1. The van der Waals surface area contributed by atoms with E-state index in [4.69, 9.17) is 11.6 Å². The molecule has 59 valence electrons. The van der Waals surface area contributed by atoms with Gasteiger partial charge in [0.05, 0.1) is 0 Å². The Morgan fingerprint density at radius 2 is 2.00 bits per heavy atom. The summed E-state index contributed by atoms with van der Waals surface area (Å²) in [7, 11) is 0. The topological polar surface area (TPSA) is 28.7 Å². The smallest absolute Gasteiger partial charge is 0.138 e. The van der Waals surface area contributed by atoms with Gasteiger partial charge in [-0.25, -0.2) is 4.98 Å². The number of rotatable bonds is 1. The van der Waals surface area contributed by atoms with Gasteiger partial charge in [0.2, 0.25) is 0 Å². The van der Waals surface area contributed by atoms with Gasteiger partial charge in [-0.3, -0.25) is 0 Å². The quantitative estimate of drug-likeness (QED) is 0.713. The molecule has 0 aliphatic heterocycles. The number of H-pyrrole nitrogens is 1. The van der Waals surface area contributed by atoms with Crippen LogP contribution in [0, 0.1) is 6.20 Å². The van der Waals surface area contributed by atoms with Crippen LogP contribution in [0.3, 0.4) is 0 Å². The van der Waals surface area contributed by atoms with E-state index in [2.05, 4.69) is 16.2 Å². The third kappa shape index (κ3) is 1.34. The molecular weight excluding hydrogens is 172 g/mol. The van der Waals surface area contributed by atoms with Crippen molar-refractivity contribution in [3.63, 3.8) is 0 Å². The van der Waals surface area contributed by atoms with Crippen LogP contribution >= 0.6 is 11.6 Å². The summed E-state index contributed by atoms with van der Waals surface area (Å²) in [6.07, 6.45) is 4.37. The van der Waals surface area contributed by atoms with Crippen molar-refractivity contribution in [2.75, 3.05) is 0 Å². The lowest BCUT2D eigenvalue weighted by Crippen LogP contribution is -1.78. The van der Waals surface area contributed by atoms with Gasteiger partial charge in [0.25, 0.3) is 0 Å². The molecule has 0 saturated heterocycles. The SMILES string of the molecule is Clc1ccc(-c2n[c]c[nH]2)cc1. The van der Waals surface area contributed by atoms with E-state index in [1.165, 1.54) is 0 Å². The molecule has 0 bridgehead atoms. The lowest BCUT2D eigenvalue weighted by Gasteiger charge is -1.95. The summed E-state index contributed by atoms with van der Waals surface area (Å²) in [4.78, 5) is 6.96. The highest BCUT2D eigenvalue weighted by Crippen LogP contribution is 2.16. The first-order valence-electron chi connectivity index (χ1n) is 3.53. The number of imidazole rings is 1. The molecule has 0 aliphatic rings. The standard InChI is InChI=1S/C9H6ClN2/c10-8-3-1-7(2-4-8)9-11-5-6-12-9/h1-5H,(H,11,12). The highest BCUT2D eigenvalue weighted by Gasteiger charge is 1.97. The zero-order valence-corrected chi connectivity index (χ0v) is 6.97. The summed E-state index contributed by atoms with van der Waals surface area (Å²) in [6, 6.07) is 7.49. The van der Waals surface area contributed by atoms with Gasteiger partial charge >= 0.3 is 0 Å². The van der Waals surface area contributed by atoms with E-state index in [1.54, 1.807) is 6.20 Å². The van der Waals surface area contributed by atoms with E-state index >= 15 is 0 Å². The number of benzene rings is 1. The number of halogens is 1. The Bertz CT molecular complexity index is 351. The van der Waals surface area contributed by atoms with Crippen molar-refractivity contribution in [2.24, 2.45) is 0 Å². The highest BCUT2D eigenvalue weighted by atomic mass is 35.5. The average molecular weight is 178 g/mol. The van der Waals surface area contributed by atoms with Crippen LogP contribution in [0.2, 0.25) is 5.02 Å². The maximum absolute atomic E-state index is 5.73. The van der Waals surface area contributed by atoms with E-state index in [-0.39, 0.29) is 0 Å². The number of nitrogens with zero attached hydrogens (tertiary/aromatic N) is 1. The molecule has 1 aromatic carbocycles. The van der Waals surface area contributed by atoms with Crippen LogP contribution < -0.4 is 0 Å². The molecular formula is C9H6ClN2. The van der Waals surface area contributed by atoms with Gasteiger partial charge < -0.3 is 4.98 Å². The van der Waals surface area contributed by atoms with Crippen molar-refractivity contribution >= 4 is 11.6 Å². The van der Waals surface area contributed by atoms with E-state index in [0.29, 0.717) is 0 Å². The summed E-state index contributed by atoms with van der Waals surface area (Å²) in [5.41, 5.74) is 1.01. The maximum Gasteiger partial charge on any atom is 0.138 e. The van der Waals surface area contributed by atoms with Crippen LogP contribution in [0.4, 0.5) is 0 Å². The Morgan fingerprint density at radius 3 is 2.58 bits per heavy atom. The molecule has 1 aromatic heterocycles. The van der Waals surface area contributed by atoms with E-state index in [1.807, 2.05) is 24.3 Å².